The van der Waals surface area contributed by atoms with Crippen LogP contribution in [-0.4, -0.2) is 87.7 Å². The largest absolute Gasteiger partial charge is 0.382 e. The summed E-state index contributed by atoms with van der Waals surface area (Å²) in [5.41, 5.74) is 15.3. The smallest absolute Gasteiger partial charge is 0.220 e. The van der Waals surface area contributed by atoms with Crippen molar-refractivity contribution < 1.29 is 19.0 Å². The molecule has 34 heavy (non-hydrogen) atoms. The molecule has 0 aromatic carbocycles. The maximum Gasteiger partial charge on any atom is 0.220 e. The molecular formula is C20H30N10O4. The minimum Gasteiger partial charge on any atom is -0.382 e. The molecule has 0 radical (unpaired) electrons. The third-order valence-electron chi connectivity index (χ3n) is 5.82. The highest BCUT2D eigenvalue weighted by Gasteiger charge is 2.56. The van der Waals surface area contributed by atoms with Gasteiger partial charge in [-0.25, -0.2) is 15.0 Å². The fourth-order valence-corrected chi connectivity index (χ4v) is 4.37. The number of likely N-dealkylation sites (N-methyl/N-ethyl adjacent to an activating group) is 1. The molecule has 4 atom stereocenters. The van der Waals surface area contributed by atoms with Crippen molar-refractivity contribution in [1.82, 2.24) is 29.7 Å². The van der Waals surface area contributed by atoms with E-state index >= 15 is 0 Å². The second-order valence-corrected chi connectivity index (χ2v) is 8.88. The fraction of sp³-hybridized carbons (Fsp3) is 0.700. The number of hydrogen-bond donors (Lipinski definition) is 2. The molecule has 0 saturated carbocycles. The van der Waals surface area contributed by atoms with Crippen molar-refractivity contribution in [3.05, 3.63) is 23.1 Å². The summed E-state index contributed by atoms with van der Waals surface area (Å²) in [5.74, 6) is -0.506. The summed E-state index contributed by atoms with van der Waals surface area (Å²) in [4.78, 5) is 29.4. The summed E-state index contributed by atoms with van der Waals surface area (Å²) in [5, 5.41) is 6.13. The van der Waals surface area contributed by atoms with Crippen molar-refractivity contribution in [1.29, 1.82) is 0 Å². The predicted molar refractivity (Wildman–Crippen MR) is 121 cm³/mol. The molecule has 184 valence electrons. The number of rotatable bonds is 10. The Kier molecular flexibility index (Phi) is 7.14. The number of nitrogens with zero attached hydrogens (tertiary/aromatic N) is 8. The maximum absolute atomic E-state index is 11.9. The number of nitrogens with one attached hydrogen (secondary N) is 1. The Hall–Kier alpha value is -3.03. The van der Waals surface area contributed by atoms with E-state index in [2.05, 4.69) is 35.2 Å². The first-order chi connectivity index (χ1) is 16.3. The normalized spacial score (nSPS) is 25.4. The number of azide groups is 1. The van der Waals surface area contributed by atoms with Crippen molar-refractivity contribution in [2.24, 2.45) is 5.11 Å². The summed E-state index contributed by atoms with van der Waals surface area (Å²) in [6.07, 6.45) is 2.75. The monoisotopic (exact) mass is 474 g/mol. The van der Waals surface area contributed by atoms with E-state index in [4.69, 9.17) is 25.5 Å². The second-order valence-electron chi connectivity index (χ2n) is 8.88. The summed E-state index contributed by atoms with van der Waals surface area (Å²) < 4.78 is 20.6. The predicted octanol–water partition coefficient (Wildman–Crippen LogP) is 0.965. The lowest BCUT2D eigenvalue weighted by Crippen LogP contribution is -2.39. The standard InChI is InChI=1S/C20H30N10O4/c1-20(2)33-15-12(9-29(3)8-4-5-13(31)23-6-7-27-28-22)32-19(16(15)34-20)30-11-26-14-17(21)24-10-25-18(14)30/h10-12,15-16,19H,4-9H2,1-3H3,(H,23,31)(H2,21,24,25)/t12-,15-,16-,19-/m1/s1. The number of carbonyl (C=O) groups excluding carboxylic acids is 1. The van der Waals surface area contributed by atoms with Crippen LogP contribution in [-0.2, 0) is 19.0 Å². The lowest BCUT2D eigenvalue weighted by Gasteiger charge is -2.27. The minimum atomic E-state index is -0.744. The van der Waals surface area contributed by atoms with E-state index in [9.17, 15) is 4.79 Å². The Balaban J connectivity index is 1.37. The number of anilines is 1. The van der Waals surface area contributed by atoms with Crippen LogP contribution in [0.5, 0.6) is 0 Å². The average molecular weight is 475 g/mol. The van der Waals surface area contributed by atoms with Gasteiger partial charge in [0.2, 0.25) is 5.91 Å². The van der Waals surface area contributed by atoms with Crippen molar-refractivity contribution in [2.45, 2.75) is 57.0 Å². The molecule has 4 heterocycles. The van der Waals surface area contributed by atoms with Gasteiger partial charge in [-0.1, -0.05) is 5.11 Å². The van der Waals surface area contributed by atoms with E-state index in [1.165, 1.54) is 6.33 Å². The van der Waals surface area contributed by atoms with Crippen LogP contribution in [0.1, 0.15) is 32.9 Å². The Morgan fingerprint density at radius 1 is 1.35 bits per heavy atom. The van der Waals surface area contributed by atoms with Crippen molar-refractivity contribution in [3.8, 4) is 0 Å². The van der Waals surface area contributed by atoms with Crippen molar-refractivity contribution >= 4 is 22.9 Å². The molecule has 2 aliphatic heterocycles. The van der Waals surface area contributed by atoms with Gasteiger partial charge in [-0.05, 0) is 39.4 Å². The molecule has 4 rings (SSSR count). The van der Waals surface area contributed by atoms with Crippen molar-refractivity contribution in [2.75, 3.05) is 39.0 Å². The molecule has 2 aromatic rings. The molecule has 2 fully saturated rings. The number of carbonyl (C=O) groups is 1. The molecule has 0 unspecified atom stereocenters. The van der Waals surface area contributed by atoms with Crippen LogP contribution in [0.25, 0.3) is 21.6 Å². The van der Waals surface area contributed by atoms with Gasteiger partial charge in [0.05, 0.1) is 6.33 Å². The van der Waals surface area contributed by atoms with Gasteiger partial charge in [0, 0.05) is 31.0 Å². The van der Waals surface area contributed by atoms with Gasteiger partial charge >= 0.3 is 0 Å². The Morgan fingerprint density at radius 3 is 2.94 bits per heavy atom. The zero-order valence-corrected chi connectivity index (χ0v) is 19.5. The van der Waals surface area contributed by atoms with E-state index in [-0.39, 0.29) is 30.8 Å². The van der Waals surface area contributed by atoms with Gasteiger partial charge in [0.25, 0.3) is 0 Å². The van der Waals surface area contributed by atoms with E-state index in [1.54, 1.807) is 6.33 Å². The molecule has 14 heteroatoms. The van der Waals surface area contributed by atoms with Gasteiger partial charge in [-0.2, -0.15) is 0 Å². The number of nitrogens with two attached hydrogens (primary N) is 1. The molecule has 2 aromatic heterocycles. The van der Waals surface area contributed by atoms with Crippen LogP contribution in [0.15, 0.2) is 17.8 Å². The summed E-state index contributed by atoms with van der Waals surface area (Å²) in [6, 6.07) is 0. The Morgan fingerprint density at radius 2 is 2.15 bits per heavy atom. The molecule has 2 saturated heterocycles. The quantitative estimate of drug-likeness (QED) is 0.219. The van der Waals surface area contributed by atoms with Crippen molar-refractivity contribution in [3.63, 3.8) is 0 Å². The molecule has 3 N–H and O–H groups in total. The third kappa shape index (κ3) is 5.21. The lowest BCUT2D eigenvalue weighted by atomic mass is 10.1. The number of hydrogen-bond acceptors (Lipinski definition) is 10. The van der Waals surface area contributed by atoms with Crippen LogP contribution in [0.4, 0.5) is 5.82 Å². The Labute approximate surface area is 196 Å². The number of imidazole rings is 1. The second kappa shape index (κ2) is 10.1. The summed E-state index contributed by atoms with van der Waals surface area (Å²) in [7, 11) is 1.98. The van der Waals surface area contributed by atoms with Crippen LogP contribution in [0, 0.1) is 0 Å². The van der Waals surface area contributed by atoms with Crippen LogP contribution < -0.4 is 11.1 Å². The molecule has 0 spiro atoms. The lowest BCUT2D eigenvalue weighted by molar-refractivity contribution is -0.197. The highest BCUT2D eigenvalue weighted by atomic mass is 16.8. The number of amides is 1. The topological polar surface area (TPSA) is 178 Å². The molecule has 0 bridgehead atoms. The van der Waals surface area contributed by atoms with E-state index < -0.39 is 12.0 Å². The number of fused-ring (bicyclic) bond motifs is 2. The van der Waals surface area contributed by atoms with Gasteiger partial charge in [0.15, 0.2) is 23.5 Å². The average Bonchev–Trinajstić information content (AvgIpc) is 3.43. The summed E-state index contributed by atoms with van der Waals surface area (Å²) in [6.45, 7) is 5.65. The zero-order chi connectivity index (χ0) is 24.3. The minimum absolute atomic E-state index is 0.0682. The first-order valence-corrected chi connectivity index (χ1v) is 11.2. The third-order valence-corrected chi connectivity index (χ3v) is 5.82. The van der Waals surface area contributed by atoms with E-state index in [0.717, 1.165) is 0 Å². The number of nitrogen functional groups attached to an aromatic ring is 1. The van der Waals surface area contributed by atoms with Gasteiger partial charge < -0.3 is 30.2 Å². The molecular weight excluding hydrogens is 444 g/mol. The molecule has 0 aliphatic carbocycles. The number of ether oxygens (including phenoxy) is 3. The maximum atomic E-state index is 11.9. The van der Waals surface area contributed by atoms with Crippen LogP contribution >= 0.6 is 0 Å². The van der Waals surface area contributed by atoms with Gasteiger partial charge in [-0.15, -0.1) is 0 Å². The van der Waals surface area contributed by atoms with Gasteiger partial charge in [0.1, 0.15) is 30.2 Å². The highest BCUT2D eigenvalue weighted by Crippen LogP contribution is 2.44. The first kappa shape index (κ1) is 24.1. The number of aromatic nitrogens is 4. The van der Waals surface area contributed by atoms with E-state index in [1.807, 2.05) is 25.5 Å². The molecule has 14 nitrogen and oxygen atoms in total. The SMILES string of the molecule is CN(CCCC(=O)NCCN=[N+]=[N-])C[C@H]1O[C@@H](n2cnc3c(N)ncnc32)[C@@H]2OC(C)(C)O[C@@H]21. The first-order valence-electron chi connectivity index (χ1n) is 11.2. The Bertz CT molecular complexity index is 1070. The summed E-state index contributed by atoms with van der Waals surface area (Å²) >= 11 is 0. The highest BCUT2D eigenvalue weighted by molar-refractivity contribution is 5.81. The van der Waals surface area contributed by atoms with E-state index in [0.29, 0.717) is 49.5 Å². The zero-order valence-electron chi connectivity index (χ0n) is 19.5. The molecule has 1 amide bonds. The fourth-order valence-electron chi connectivity index (χ4n) is 4.37. The van der Waals surface area contributed by atoms with Gasteiger partial charge in [-0.3, -0.25) is 9.36 Å². The van der Waals surface area contributed by atoms with Crippen LogP contribution in [0.3, 0.4) is 0 Å². The van der Waals surface area contributed by atoms with Crippen LogP contribution in [0.2, 0.25) is 0 Å². The molecule has 2 aliphatic rings.